The minimum atomic E-state index is -0.356. The van der Waals surface area contributed by atoms with Crippen molar-refractivity contribution in [3.63, 3.8) is 0 Å². The summed E-state index contributed by atoms with van der Waals surface area (Å²) in [5, 5.41) is 3.97. The number of hydrogen-bond acceptors (Lipinski definition) is 8. The highest BCUT2D eigenvalue weighted by atomic mass is 19.1. The van der Waals surface area contributed by atoms with Crippen molar-refractivity contribution in [2.45, 2.75) is 0 Å². The fourth-order valence-electron chi connectivity index (χ4n) is 2.13. The molecule has 126 valence electrons. The standard InChI is InChI=1S/C15H17FN6O2/c1-23-15-19-13(18-14(20-15)22-6-8-24-9-7-22)21-17-10-11-4-2-3-5-12(11)16/h2-5,10H,6-9H2,1H3,(H,18,19,20,21). The van der Waals surface area contributed by atoms with Gasteiger partial charge in [-0.2, -0.15) is 20.1 Å². The predicted molar refractivity (Wildman–Crippen MR) is 87.0 cm³/mol. The molecule has 1 saturated heterocycles. The quantitative estimate of drug-likeness (QED) is 0.652. The average Bonchev–Trinajstić information content (AvgIpc) is 2.64. The maximum Gasteiger partial charge on any atom is 0.322 e. The Morgan fingerprint density at radius 2 is 2.04 bits per heavy atom. The van der Waals surface area contributed by atoms with Gasteiger partial charge in [-0.05, 0) is 6.07 Å². The normalized spacial score (nSPS) is 14.8. The molecule has 1 aliphatic rings. The minimum Gasteiger partial charge on any atom is -0.467 e. The van der Waals surface area contributed by atoms with E-state index in [0.717, 1.165) is 0 Å². The van der Waals surface area contributed by atoms with Crippen LogP contribution in [0.15, 0.2) is 29.4 Å². The minimum absolute atomic E-state index is 0.176. The fraction of sp³-hybridized carbons (Fsp3) is 0.333. The molecule has 1 aromatic heterocycles. The Morgan fingerprint density at radius 3 is 2.79 bits per heavy atom. The summed E-state index contributed by atoms with van der Waals surface area (Å²) in [5.41, 5.74) is 3.04. The van der Waals surface area contributed by atoms with Crippen molar-refractivity contribution in [3.8, 4) is 6.01 Å². The van der Waals surface area contributed by atoms with Gasteiger partial charge in [0.2, 0.25) is 5.95 Å². The molecule has 0 unspecified atom stereocenters. The molecule has 1 aromatic carbocycles. The highest BCUT2D eigenvalue weighted by Gasteiger charge is 2.16. The molecular formula is C15H17FN6O2. The first kappa shape index (κ1) is 16.1. The van der Waals surface area contributed by atoms with Crippen LogP contribution in [0, 0.1) is 5.82 Å². The zero-order valence-corrected chi connectivity index (χ0v) is 13.1. The van der Waals surface area contributed by atoms with Crippen LogP contribution >= 0.6 is 0 Å². The molecule has 2 heterocycles. The van der Waals surface area contributed by atoms with Crippen LogP contribution in [0.2, 0.25) is 0 Å². The van der Waals surface area contributed by atoms with Gasteiger partial charge in [-0.3, -0.25) is 0 Å². The van der Waals surface area contributed by atoms with Gasteiger partial charge < -0.3 is 14.4 Å². The molecule has 0 spiro atoms. The number of methoxy groups -OCH3 is 1. The number of anilines is 2. The topological polar surface area (TPSA) is 84.8 Å². The van der Waals surface area contributed by atoms with E-state index in [1.165, 1.54) is 19.4 Å². The molecule has 0 radical (unpaired) electrons. The molecule has 24 heavy (non-hydrogen) atoms. The van der Waals surface area contributed by atoms with Crippen molar-refractivity contribution in [1.29, 1.82) is 0 Å². The summed E-state index contributed by atoms with van der Waals surface area (Å²) in [6, 6.07) is 6.51. The first-order valence-electron chi connectivity index (χ1n) is 7.42. The molecular weight excluding hydrogens is 315 g/mol. The highest BCUT2D eigenvalue weighted by molar-refractivity contribution is 5.80. The SMILES string of the molecule is COc1nc(NN=Cc2ccccc2F)nc(N2CCOCC2)n1. The van der Waals surface area contributed by atoms with Gasteiger partial charge in [0.15, 0.2) is 0 Å². The number of hydrogen-bond donors (Lipinski definition) is 1. The van der Waals surface area contributed by atoms with Gasteiger partial charge in [0.25, 0.3) is 5.95 Å². The number of hydrazone groups is 1. The molecule has 8 nitrogen and oxygen atoms in total. The first-order chi connectivity index (χ1) is 11.8. The molecule has 0 aliphatic carbocycles. The summed E-state index contributed by atoms with van der Waals surface area (Å²) >= 11 is 0. The first-order valence-corrected chi connectivity index (χ1v) is 7.42. The van der Waals surface area contributed by atoms with E-state index >= 15 is 0 Å². The molecule has 0 saturated carbocycles. The smallest absolute Gasteiger partial charge is 0.322 e. The Balaban J connectivity index is 1.76. The van der Waals surface area contributed by atoms with Crippen LogP contribution in [0.5, 0.6) is 6.01 Å². The van der Waals surface area contributed by atoms with Crippen LogP contribution < -0.4 is 15.1 Å². The number of halogens is 1. The maximum absolute atomic E-state index is 13.5. The van der Waals surface area contributed by atoms with E-state index in [1.54, 1.807) is 18.2 Å². The Bertz CT molecular complexity index is 721. The van der Waals surface area contributed by atoms with Gasteiger partial charge in [0, 0.05) is 18.7 Å². The van der Waals surface area contributed by atoms with Gasteiger partial charge in [-0.15, -0.1) is 0 Å². The van der Waals surface area contributed by atoms with Crippen LogP contribution in [0.4, 0.5) is 16.3 Å². The third-order valence-corrected chi connectivity index (χ3v) is 3.35. The molecule has 0 amide bonds. The van der Waals surface area contributed by atoms with Crippen LogP contribution in [0.1, 0.15) is 5.56 Å². The van der Waals surface area contributed by atoms with Crippen molar-refractivity contribution >= 4 is 18.1 Å². The second-order valence-corrected chi connectivity index (χ2v) is 4.94. The molecule has 1 fully saturated rings. The van der Waals surface area contributed by atoms with Gasteiger partial charge in [0.05, 0.1) is 26.5 Å². The van der Waals surface area contributed by atoms with E-state index in [9.17, 15) is 4.39 Å². The highest BCUT2D eigenvalue weighted by Crippen LogP contribution is 2.16. The van der Waals surface area contributed by atoms with Gasteiger partial charge in [0.1, 0.15) is 5.82 Å². The number of nitrogens with one attached hydrogen (secondary N) is 1. The largest absolute Gasteiger partial charge is 0.467 e. The summed E-state index contributed by atoms with van der Waals surface area (Å²) in [6.45, 7) is 2.60. The Morgan fingerprint density at radius 1 is 1.25 bits per heavy atom. The summed E-state index contributed by atoms with van der Waals surface area (Å²) in [5.74, 6) is 0.343. The van der Waals surface area contributed by atoms with E-state index < -0.39 is 0 Å². The third kappa shape index (κ3) is 3.93. The monoisotopic (exact) mass is 332 g/mol. The van der Waals surface area contributed by atoms with E-state index in [0.29, 0.717) is 37.8 Å². The van der Waals surface area contributed by atoms with Crippen molar-refractivity contribution < 1.29 is 13.9 Å². The number of morpholine rings is 1. The molecule has 2 aromatic rings. The number of benzene rings is 1. The maximum atomic E-state index is 13.5. The van der Waals surface area contributed by atoms with E-state index in [2.05, 4.69) is 25.5 Å². The predicted octanol–water partition coefficient (Wildman–Crippen LogP) is 1.30. The molecule has 9 heteroatoms. The van der Waals surface area contributed by atoms with Crippen molar-refractivity contribution in [2.24, 2.45) is 5.10 Å². The van der Waals surface area contributed by atoms with Crippen LogP contribution in [-0.2, 0) is 4.74 Å². The fourth-order valence-corrected chi connectivity index (χ4v) is 2.13. The van der Waals surface area contributed by atoms with Crippen LogP contribution in [0.3, 0.4) is 0 Å². The summed E-state index contributed by atoms with van der Waals surface area (Å²) in [4.78, 5) is 14.6. The Hall–Kier alpha value is -2.81. The molecule has 0 bridgehead atoms. The van der Waals surface area contributed by atoms with Gasteiger partial charge in [-0.1, -0.05) is 18.2 Å². The molecule has 1 N–H and O–H groups in total. The summed E-state index contributed by atoms with van der Waals surface area (Å²) in [6.07, 6.45) is 1.36. The lowest BCUT2D eigenvalue weighted by Gasteiger charge is -2.26. The van der Waals surface area contributed by atoms with Crippen molar-refractivity contribution in [2.75, 3.05) is 43.7 Å². The van der Waals surface area contributed by atoms with E-state index in [4.69, 9.17) is 9.47 Å². The second kappa shape index (κ2) is 7.64. The van der Waals surface area contributed by atoms with Gasteiger partial charge in [-0.25, -0.2) is 9.82 Å². The van der Waals surface area contributed by atoms with Crippen LogP contribution in [-0.4, -0.2) is 54.6 Å². The molecule has 1 aliphatic heterocycles. The third-order valence-electron chi connectivity index (χ3n) is 3.35. The second-order valence-electron chi connectivity index (χ2n) is 4.94. The number of ether oxygens (including phenoxy) is 2. The summed E-state index contributed by atoms with van der Waals surface area (Å²) < 4.78 is 24.0. The average molecular weight is 332 g/mol. The van der Waals surface area contributed by atoms with E-state index in [1.807, 2.05) is 4.90 Å². The number of rotatable bonds is 5. The van der Waals surface area contributed by atoms with Gasteiger partial charge >= 0.3 is 6.01 Å². The molecule has 0 atom stereocenters. The Kier molecular flexibility index (Phi) is 5.12. The van der Waals surface area contributed by atoms with Crippen LogP contribution in [0.25, 0.3) is 0 Å². The Labute approximate surface area is 138 Å². The molecule has 3 rings (SSSR count). The van der Waals surface area contributed by atoms with Crippen molar-refractivity contribution in [3.05, 3.63) is 35.6 Å². The number of aromatic nitrogens is 3. The zero-order chi connectivity index (χ0) is 16.8. The van der Waals surface area contributed by atoms with E-state index in [-0.39, 0.29) is 17.8 Å². The lowest BCUT2D eigenvalue weighted by Crippen LogP contribution is -2.37. The number of nitrogens with zero attached hydrogens (tertiary/aromatic N) is 5. The lowest BCUT2D eigenvalue weighted by atomic mass is 10.2. The summed E-state index contributed by atoms with van der Waals surface area (Å²) in [7, 11) is 1.48. The lowest BCUT2D eigenvalue weighted by molar-refractivity contribution is 0.122. The zero-order valence-electron chi connectivity index (χ0n) is 13.1. The van der Waals surface area contributed by atoms with Crippen molar-refractivity contribution in [1.82, 2.24) is 15.0 Å².